The topological polar surface area (TPSA) is 93.1 Å². The van der Waals surface area contributed by atoms with E-state index in [1.165, 1.54) is 22.3 Å². The summed E-state index contributed by atoms with van der Waals surface area (Å²) in [6.07, 6.45) is 0. The van der Waals surface area contributed by atoms with Crippen molar-refractivity contribution in [1.82, 2.24) is 0 Å². The summed E-state index contributed by atoms with van der Waals surface area (Å²) in [6, 6.07) is 56.6. The average Bonchev–Trinajstić information content (AvgIpc) is 3.53. The molecular formula is C49H34O6. The van der Waals surface area contributed by atoms with Gasteiger partial charge in [-0.3, -0.25) is 0 Å². The fraction of sp³-hybridized carbons (Fsp3) is 0.0612. The molecule has 0 saturated heterocycles. The van der Waals surface area contributed by atoms with Gasteiger partial charge in [-0.1, -0.05) is 109 Å². The number of fused-ring (bicyclic) bond motifs is 5. The summed E-state index contributed by atoms with van der Waals surface area (Å²) in [4.78, 5) is 22.5. The molecule has 1 aliphatic carbocycles. The molecule has 266 valence electrons. The van der Waals surface area contributed by atoms with Gasteiger partial charge in [-0.15, -0.1) is 0 Å². The second-order valence-corrected chi connectivity index (χ2v) is 13.9. The first-order chi connectivity index (χ1) is 26.9. The van der Waals surface area contributed by atoms with E-state index in [0.717, 1.165) is 55.3 Å². The highest BCUT2D eigenvalue weighted by Crippen LogP contribution is 2.56. The third-order valence-electron chi connectivity index (χ3n) is 10.7. The monoisotopic (exact) mass is 718 g/mol. The van der Waals surface area contributed by atoms with Crippen molar-refractivity contribution in [3.8, 4) is 22.6 Å². The Labute approximate surface area is 317 Å². The van der Waals surface area contributed by atoms with Crippen molar-refractivity contribution in [2.24, 2.45) is 0 Å². The fourth-order valence-electron chi connectivity index (χ4n) is 7.94. The van der Waals surface area contributed by atoms with Crippen LogP contribution in [-0.4, -0.2) is 22.2 Å². The third-order valence-corrected chi connectivity index (χ3v) is 10.7. The molecule has 0 fully saturated rings. The predicted molar refractivity (Wildman–Crippen MR) is 214 cm³/mol. The highest BCUT2D eigenvalue weighted by atomic mass is 16.5. The van der Waals surface area contributed by atoms with Gasteiger partial charge in [-0.25, -0.2) is 9.59 Å². The molecule has 2 N–H and O–H groups in total. The highest BCUT2D eigenvalue weighted by Gasteiger charge is 2.46. The van der Waals surface area contributed by atoms with Gasteiger partial charge in [0.05, 0.1) is 16.5 Å². The summed E-state index contributed by atoms with van der Waals surface area (Å²) < 4.78 is 12.3. The van der Waals surface area contributed by atoms with Crippen molar-refractivity contribution in [1.29, 1.82) is 0 Å². The number of ether oxygens (including phenoxy) is 2. The van der Waals surface area contributed by atoms with E-state index < -0.39 is 17.4 Å². The quantitative estimate of drug-likeness (QED) is 0.146. The Balaban J connectivity index is 1.08. The van der Waals surface area contributed by atoms with Crippen LogP contribution in [0.15, 0.2) is 170 Å². The van der Waals surface area contributed by atoms with Crippen LogP contribution in [-0.2, 0) is 18.6 Å². The zero-order valence-corrected chi connectivity index (χ0v) is 29.6. The van der Waals surface area contributed by atoms with Gasteiger partial charge < -0.3 is 19.7 Å². The normalized spacial score (nSPS) is 12.6. The van der Waals surface area contributed by atoms with E-state index in [1.54, 1.807) is 48.5 Å². The van der Waals surface area contributed by atoms with Gasteiger partial charge in [-0.2, -0.15) is 0 Å². The number of carboxylic acids is 2. The zero-order chi connectivity index (χ0) is 37.5. The zero-order valence-electron chi connectivity index (χ0n) is 29.6. The first kappa shape index (κ1) is 33.6. The van der Waals surface area contributed by atoms with Gasteiger partial charge >= 0.3 is 11.9 Å². The summed E-state index contributed by atoms with van der Waals surface area (Å²) in [5.41, 5.74) is 8.94. The number of aromatic carboxylic acids is 2. The smallest absolute Gasteiger partial charge is 0.335 e. The minimum atomic E-state index is -0.950. The van der Waals surface area contributed by atoms with Gasteiger partial charge in [0.2, 0.25) is 0 Å². The molecule has 0 amide bonds. The van der Waals surface area contributed by atoms with Crippen molar-refractivity contribution in [3.05, 3.63) is 214 Å². The van der Waals surface area contributed by atoms with Crippen molar-refractivity contribution in [3.63, 3.8) is 0 Å². The summed E-state index contributed by atoms with van der Waals surface area (Å²) >= 11 is 0. The Bertz CT molecular complexity index is 2570. The van der Waals surface area contributed by atoms with Crippen molar-refractivity contribution in [2.75, 3.05) is 0 Å². The molecule has 0 bridgehead atoms. The van der Waals surface area contributed by atoms with Crippen LogP contribution in [0.3, 0.4) is 0 Å². The van der Waals surface area contributed by atoms with Gasteiger partial charge in [0.25, 0.3) is 0 Å². The Morgan fingerprint density at radius 2 is 0.818 bits per heavy atom. The highest BCUT2D eigenvalue weighted by molar-refractivity contribution is 5.92. The van der Waals surface area contributed by atoms with E-state index in [4.69, 9.17) is 9.47 Å². The number of hydrogen-bond acceptors (Lipinski definition) is 4. The second-order valence-electron chi connectivity index (χ2n) is 13.9. The predicted octanol–water partition coefficient (Wildman–Crippen LogP) is 10.9. The Hall–Kier alpha value is -7.18. The molecule has 8 aromatic rings. The van der Waals surface area contributed by atoms with Gasteiger partial charge in [-0.05, 0) is 127 Å². The summed E-state index contributed by atoms with van der Waals surface area (Å²) in [6.45, 7) is 0.663. The lowest BCUT2D eigenvalue weighted by atomic mass is 9.67. The molecule has 0 spiro atoms. The lowest BCUT2D eigenvalue weighted by Gasteiger charge is -2.34. The van der Waals surface area contributed by atoms with Crippen LogP contribution >= 0.6 is 0 Å². The van der Waals surface area contributed by atoms with Gasteiger partial charge in [0, 0.05) is 0 Å². The third kappa shape index (κ3) is 6.04. The number of rotatable bonds is 10. The van der Waals surface area contributed by atoms with E-state index in [-0.39, 0.29) is 11.1 Å². The molecule has 0 saturated carbocycles. The van der Waals surface area contributed by atoms with Gasteiger partial charge in [0.15, 0.2) is 0 Å². The molecule has 9 rings (SSSR count). The maximum atomic E-state index is 11.2. The average molecular weight is 719 g/mol. The lowest BCUT2D eigenvalue weighted by molar-refractivity contribution is 0.0686. The van der Waals surface area contributed by atoms with Crippen LogP contribution in [0.2, 0.25) is 0 Å². The van der Waals surface area contributed by atoms with E-state index in [9.17, 15) is 19.8 Å². The molecule has 1 aliphatic rings. The largest absolute Gasteiger partial charge is 0.489 e. The summed E-state index contributed by atoms with van der Waals surface area (Å²) in [5, 5.41) is 22.7. The molecule has 6 heteroatoms. The molecule has 55 heavy (non-hydrogen) atoms. The van der Waals surface area contributed by atoms with Gasteiger partial charge in [0.1, 0.15) is 24.7 Å². The molecular weight excluding hydrogens is 685 g/mol. The van der Waals surface area contributed by atoms with Crippen LogP contribution in [0.5, 0.6) is 11.5 Å². The summed E-state index contributed by atoms with van der Waals surface area (Å²) in [5.74, 6) is -0.422. The molecule has 0 atom stereocenters. The van der Waals surface area contributed by atoms with Crippen LogP contribution in [0, 0.1) is 0 Å². The van der Waals surface area contributed by atoms with Crippen molar-refractivity contribution >= 4 is 33.5 Å². The molecule has 0 unspecified atom stereocenters. The maximum absolute atomic E-state index is 11.2. The van der Waals surface area contributed by atoms with E-state index in [0.29, 0.717) is 13.2 Å². The Kier molecular flexibility index (Phi) is 8.36. The fourth-order valence-corrected chi connectivity index (χ4v) is 7.94. The van der Waals surface area contributed by atoms with E-state index >= 15 is 0 Å². The van der Waals surface area contributed by atoms with Crippen LogP contribution in [0.25, 0.3) is 32.7 Å². The Morgan fingerprint density at radius 1 is 0.436 bits per heavy atom. The van der Waals surface area contributed by atoms with Crippen LogP contribution in [0.4, 0.5) is 0 Å². The van der Waals surface area contributed by atoms with E-state index in [2.05, 4.69) is 109 Å². The van der Waals surface area contributed by atoms with Crippen molar-refractivity contribution < 1.29 is 29.3 Å². The Morgan fingerprint density at radius 3 is 1.24 bits per heavy atom. The lowest BCUT2D eigenvalue weighted by Crippen LogP contribution is -2.28. The number of carboxylic acid groups (broad SMARTS) is 2. The standard InChI is InChI=1S/C49H34O6/c50-47(51)33-13-9-31(10-14-33)29-54-41-23-19-35-25-39(21-17-37(35)27-41)49(45-7-3-1-5-43(45)44-6-2-4-8-46(44)49)40-22-18-38-28-42(24-20-36(38)26-40)55-30-32-11-15-34(16-12-32)48(52)53/h1-28H,29-30H2,(H,50,51)(H,52,53). The minimum Gasteiger partial charge on any atom is -0.489 e. The first-order valence-electron chi connectivity index (χ1n) is 18.0. The second kappa shape index (κ2) is 13.7. The minimum absolute atomic E-state index is 0.249. The number of carbonyl (C=O) groups is 2. The first-order valence-corrected chi connectivity index (χ1v) is 18.0. The molecule has 0 aromatic heterocycles. The van der Waals surface area contributed by atoms with Crippen LogP contribution < -0.4 is 9.47 Å². The number of hydrogen-bond donors (Lipinski definition) is 2. The molecule has 0 heterocycles. The maximum Gasteiger partial charge on any atom is 0.335 e. The molecule has 8 aromatic carbocycles. The number of benzene rings is 8. The summed E-state index contributed by atoms with van der Waals surface area (Å²) in [7, 11) is 0. The molecule has 0 aliphatic heterocycles. The molecule has 0 radical (unpaired) electrons. The van der Waals surface area contributed by atoms with Crippen molar-refractivity contribution in [2.45, 2.75) is 18.6 Å². The molecule has 6 nitrogen and oxygen atoms in total. The van der Waals surface area contributed by atoms with E-state index in [1.807, 2.05) is 12.1 Å². The SMILES string of the molecule is O=C(O)c1ccc(COc2ccc3cc(C4(c5ccc6cc(OCc7ccc(C(=O)O)cc7)ccc6c5)c5ccccc5-c5ccccc54)ccc3c2)cc1. The van der Waals surface area contributed by atoms with Crippen LogP contribution in [0.1, 0.15) is 54.1 Å².